The molecule has 1 aromatic carbocycles. The van der Waals surface area contributed by atoms with Crippen LogP contribution in [0.3, 0.4) is 0 Å². The van der Waals surface area contributed by atoms with E-state index in [-0.39, 0.29) is 18.0 Å². The van der Waals surface area contributed by atoms with E-state index in [1.807, 2.05) is 6.07 Å². The molecule has 6 heteroatoms. The van der Waals surface area contributed by atoms with Gasteiger partial charge in [0.25, 0.3) is 0 Å². The van der Waals surface area contributed by atoms with Gasteiger partial charge < -0.3 is 4.74 Å². The molecule has 0 fully saturated rings. The molecule has 0 N–H and O–H groups in total. The summed E-state index contributed by atoms with van der Waals surface area (Å²) in [5.41, 5.74) is 9.28. The molecule has 1 heterocycles. The number of ether oxygens (including phenoxy) is 1. The molecular weight excluding hydrogens is 235 g/mol. The summed E-state index contributed by atoms with van der Waals surface area (Å²) < 4.78 is 18.9. The van der Waals surface area contributed by atoms with Crippen molar-refractivity contribution in [1.82, 2.24) is 4.98 Å². The number of azide groups is 1. The van der Waals surface area contributed by atoms with Gasteiger partial charge in [0.1, 0.15) is 6.61 Å². The standard InChI is InChI=1S/C12H9FN4O/c13-11-6-10(16-17-14)3-4-12(11)18-8-9-2-1-5-15-7-9/h1-7H,8H2. The lowest BCUT2D eigenvalue weighted by Crippen LogP contribution is -1.97. The summed E-state index contributed by atoms with van der Waals surface area (Å²) in [5.74, 6) is -0.459. The molecule has 0 aliphatic carbocycles. The highest BCUT2D eigenvalue weighted by Gasteiger charge is 2.04. The minimum absolute atomic E-state index is 0.107. The van der Waals surface area contributed by atoms with Crippen LogP contribution in [-0.4, -0.2) is 4.98 Å². The van der Waals surface area contributed by atoms with Crippen molar-refractivity contribution >= 4 is 5.69 Å². The Morgan fingerprint density at radius 2 is 2.28 bits per heavy atom. The third kappa shape index (κ3) is 2.96. The van der Waals surface area contributed by atoms with Crippen LogP contribution in [0, 0.1) is 5.82 Å². The third-order valence-corrected chi connectivity index (χ3v) is 2.19. The Morgan fingerprint density at radius 3 is 2.94 bits per heavy atom. The predicted molar refractivity (Wildman–Crippen MR) is 63.8 cm³/mol. The summed E-state index contributed by atoms with van der Waals surface area (Å²) in [4.78, 5) is 6.51. The second-order valence-electron chi connectivity index (χ2n) is 3.45. The maximum Gasteiger partial charge on any atom is 0.165 e. The number of rotatable bonds is 4. The van der Waals surface area contributed by atoms with Crippen LogP contribution in [0.4, 0.5) is 10.1 Å². The maximum atomic E-state index is 13.6. The zero-order valence-electron chi connectivity index (χ0n) is 9.32. The van der Waals surface area contributed by atoms with Gasteiger partial charge in [-0.2, -0.15) is 0 Å². The van der Waals surface area contributed by atoms with Crippen LogP contribution in [-0.2, 0) is 6.61 Å². The average Bonchev–Trinajstić information content (AvgIpc) is 2.39. The highest BCUT2D eigenvalue weighted by molar-refractivity contribution is 5.42. The second-order valence-corrected chi connectivity index (χ2v) is 3.45. The number of hydrogen-bond donors (Lipinski definition) is 0. The first kappa shape index (κ1) is 11.9. The van der Waals surface area contributed by atoms with Crippen LogP contribution < -0.4 is 4.74 Å². The predicted octanol–water partition coefficient (Wildman–Crippen LogP) is 3.74. The molecule has 0 bridgehead atoms. The molecular formula is C12H9FN4O. The first-order valence-electron chi connectivity index (χ1n) is 5.16. The lowest BCUT2D eigenvalue weighted by molar-refractivity contribution is 0.290. The molecule has 0 spiro atoms. The minimum Gasteiger partial charge on any atom is -0.486 e. The van der Waals surface area contributed by atoms with Crippen LogP contribution in [0.25, 0.3) is 10.4 Å². The minimum atomic E-state index is -0.566. The summed E-state index contributed by atoms with van der Waals surface area (Å²) in [6.45, 7) is 0.228. The van der Waals surface area contributed by atoms with Gasteiger partial charge in [0.2, 0.25) is 0 Å². The van der Waals surface area contributed by atoms with Gasteiger partial charge in [-0.3, -0.25) is 4.98 Å². The van der Waals surface area contributed by atoms with Crippen molar-refractivity contribution in [1.29, 1.82) is 0 Å². The Balaban J connectivity index is 2.08. The normalized spacial score (nSPS) is 9.61. The highest BCUT2D eigenvalue weighted by atomic mass is 19.1. The van der Waals surface area contributed by atoms with E-state index in [9.17, 15) is 4.39 Å². The zero-order valence-corrected chi connectivity index (χ0v) is 9.32. The van der Waals surface area contributed by atoms with Crippen molar-refractivity contribution in [2.75, 3.05) is 0 Å². The maximum absolute atomic E-state index is 13.6. The first-order valence-corrected chi connectivity index (χ1v) is 5.16. The van der Waals surface area contributed by atoms with E-state index in [2.05, 4.69) is 15.0 Å². The average molecular weight is 244 g/mol. The summed E-state index contributed by atoms with van der Waals surface area (Å²) in [6.07, 6.45) is 3.30. The molecule has 0 saturated carbocycles. The molecule has 2 aromatic rings. The Kier molecular flexibility index (Phi) is 3.73. The summed E-state index contributed by atoms with van der Waals surface area (Å²) in [6, 6.07) is 7.65. The quantitative estimate of drug-likeness (QED) is 0.467. The van der Waals surface area contributed by atoms with E-state index >= 15 is 0 Å². The van der Waals surface area contributed by atoms with Crippen molar-refractivity contribution in [3.63, 3.8) is 0 Å². The van der Waals surface area contributed by atoms with Crippen molar-refractivity contribution in [2.45, 2.75) is 6.61 Å². The molecule has 90 valence electrons. The molecule has 0 unspecified atom stereocenters. The first-order chi connectivity index (χ1) is 8.79. The third-order valence-electron chi connectivity index (χ3n) is 2.19. The number of hydrogen-bond acceptors (Lipinski definition) is 3. The Hall–Kier alpha value is -2.59. The van der Waals surface area contributed by atoms with Gasteiger partial charge in [-0.25, -0.2) is 4.39 Å². The van der Waals surface area contributed by atoms with E-state index in [0.717, 1.165) is 11.6 Å². The topological polar surface area (TPSA) is 70.9 Å². The van der Waals surface area contributed by atoms with Gasteiger partial charge in [-0.05, 0) is 29.8 Å². The SMILES string of the molecule is [N-]=[N+]=Nc1ccc(OCc2cccnc2)c(F)c1. The van der Waals surface area contributed by atoms with E-state index < -0.39 is 5.82 Å². The largest absolute Gasteiger partial charge is 0.486 e. The summed E-state index contributed by atoms with van der Waals surface area (Å²) in [5, 5.41) is 3.30. The zero-order chi connectivity index (χ0) is 12.8. The lowest BCUT2D eigenvalue weighted by atomic mass is 10.3. The molecule has 0 aliphatic heterocycles. The van der Waals surface area contributed by atoms with Crippen molar-refractivity contribution in [3.8, 4) is 5.75 Å². The van der Waals surface area contributed by atoms with Crippen molar-refractivity contribution < 1.29 is 9.13 Å². The summed E-state index contributed by atoms with van der Waals surface area (Å²) in [7, 11) is 0. The highest BCUT2D eigenvalue weighted by Crippen LogP contribution is 2.23. The molecule has 1 aromatic heterocycles. The van der Waals surface area contributed by atoms with Crippen LogP contribution >= 0.6 is 0 Å². The van der Waals surface area contributed by atoms with Crippen molar-refractivity contribution in [2.24, 2.45) is 5.11 Å². The number of pyridine rings is 1. The Labute approximate surface area is 102 Å². The van der Waals surface area contributed by atoms with Crippen LogP contribution in [0.1, 0.15) is 5.56 Å². The molecule has 18 heavy (non-hydrogen) atoms. The Bertz CT molecular complexity index is 582. The van der Waals surface area contributed by atoms with Gasteiger partial charge in [-0.15, -0.1) is 0 Å². The molecule has 0 aliphatic rings. The van der Waals surface area contributed by atoms with Gasteiger partial charge in [0.05, 0.1) is 0 Å². The molecule has 5 nitrogen and oxygen atoms in total. The van der Waals surface area contributed by atoms with Gasteiger partial charge in [0, 0.05) is 28.6 Å². The van der Waals surface area contributed by atoms with E-state index in [0.29, 0.717) is 0 Å². The number of benzene rings is 1. The smallest absolute Gasteiger partial charge is 0.165 e. The monoisotopic (exact) mass is 244 g/mol. The lowest BCUT2D eigenvalue weighted by Gasteiger charge is -2.07. The summed E-state index contributed by atoms with van der Waals surface area (Å²) >= 11 is 0. The van der Waals surface area contributed by atoms with E-state index in [4.69, 9.17) is 10.3 Å². The second kappa shape index (κ2) is 5.65. The fourth-order valence-electron chi connectivity index (χ4n) is 1.37. The van der Waals surface area contributed by atoms with E-state index in [1.54, 1.807) is 18.5 Å². The van der Waals surface area contributed by atoms with Crippen LogP contribution in [0.2, 0.25) is 0 Å². The number of aromatic nitrogens is 1. The van der Waals surface area contributed by atoms with Gasteiger partial charge >= 0.3 is 0 Å². The molecule has 2 rings (SSSR count). The Morgan fingerprint density at radius 1 is 1.39 bits per heavy atom. The van der Waals surface area contributed by atoms with E-state index in [1.165, 1.54) is 12.1 Å². The van der Waals surface area contributed by atoms with Crippen LogP contribution in [0.15, 0.2) is 47.8 Å². The van der Waals surface area contributed by atoms with Gasteiger partial charge in [0.15, 0.2) is 11.6 Å². The van der Waals surface area contributed by atoms with Gasteiger partial charge in [-0.1, -0.05) is 11.2 Å². The number of halogens is 1. The molecule has 0 saturated heterocycles. The molecule has 0 amide bonds. The number of nitrogens with zero attached hydrogens (tertiary/aromatic N) is 4. The molecule has 0 radical (unpaired) electrons. The van der Waals surface area contributed by atoms with Crippen LogP contribution in [0.5, 0.6) is 5.75 Å². The fraction of sp³-hybridized carbons (Fsp3) is 0.0833. The molecule has 0 atom stereocenters. The fourth-order valence-corrected chi connectivity index (χ4v) is 1.37. The van der Waals surface area contributed by atoms with Crippen molar-refractivity contribution in [3.05, 3.63) is 64.5 Å².